The molecule has 2 heterocycles. The number of amides is 4. The smallest absolute Gasteiger partial charge is 0.321 e. The summed E-state index contributed by atoms with van der Waals surface area (Å²) >= 11 is 0. The van der Waals surface area contributed by atoms with Gasteiger partial charge in [-0.05, 0) is 48.9 Å². The van der Waals surface area contributed by atoms with Gasteiger partial charge in [0, 0.05) is 43.5 Å². The van der Waals surface area contributed by atoms with Crippen LogP contribution in [0.3, 0.4) is 0 Å². The standard InChI is InChI=1S/C27H34N4O3/c1-3-19(2)23-11-7-8-12-24(23)31-18-20(17-25(31)32)26(33)28-22-13-15-30(16-14-22)27(34)29-21-9-5-4-6-10-21/h4-12,19-20,22H,3,13-18H2,1-2H3,(H,28,33)(H,29,34). The topological polar surface area (TPSA) is 81.8 Å². The van der Waals surface area contributed by atoms with Gasteiger partial charge < -0.3 is 20.4 Å². The summed E-state index contributed by atoms with van der Waals surface area (Å²) in [6.45, 7) is 5.88. The molecule has 2 fully saturated rings. The molecular weight excluding hydrogens is 428 g/mol. The zero-order valence-electron chi connectivity index (χ0n) is 20.0. The first-order valence-electron chi connectivity index (χ1n) is 12.3. The molecule has 2 saturated heterocycles. The third kappa shape index (κ3) is 5.41. The van der Waals surface area contributed by atoms with Crippen molar-refractivity contribution in [2.45, 2.75) is 51.5 Å². The molecule has 7 nitrogen and oxygen atoms in total. The van der Waals surface area contributed by atoms with Crippen molar-refractivity contribution in [1.82, 2.24) is 10.2 Å². The Morgan fingerprint density at radius 2 is 1.71 bits per heavy atom. The largest absolute Gasteiger partial charge is 0.353 e. The van der Waals surface area contributed by atoms with E-state index in [4.69, 9.17) is 0 Å². The second-order valence-corrected chi connectivity index (χ2v) is 9.34. The van der Waals surface area contributed by atoms with Crippen LogP contribution in [0.15, 0.2) is 54.6 Å². The monoisotopic (exact) mass is 462 g/mol. The summed E-state index contributed by atoms with van der Waals surface area (Å²) in [5.74, 6) is -0.0644. The number of anilines is 2. The van der Waals surface area contributed by atoms with Gasteiger partial charge in [-0.15, -0.1) is 0 Å². The van der Waals surface area contributed by atoms with E-state index in [-0.39, 0.29) is 36.2 Å². The van der Waals surface area contributed by atoms with Gasteiger partial charge in [-0.1, -0.05) is 50.2 Å². The van der Waals surface area contributed by atoms with Gasteiger partial charge in [0.1, 0.15) is 0 Å². The summed E-state index contributed by atoms with van der Waals surface area (Å²) in [6.07, 6.45) is 2.63. The van der Waals surface area contributed by atoms with Crippen LogP contribution in [-0.4, -0.2) is 48.4 Å². The van der Waals surface area contributed by atoms with Crippen molar-refractivity contribution in [1.29, 1.82) is 0 Å². The Morgan fingerprint density at radius 3 is 2.41 bits per heavy atom. The Labute approximate surface area is 201 Å². The quantitative estimate of drug-likeness (QED) is 0.669. The Morgan fingerprint density at radius 1 is 1.03 bits per heavy atom. The van der Waals surface area contributed by atoms with Gasteiger partial charge in [0.15, 0.2) is 0 Å². The number of para-hydroxylation sites is 2. The van der Waals surface area contributed by atoms with Crippen LogP contribution in [0, 0.1) is 5.92 Å². The Balaban J connectivity index is 1.29. The Kier molecular flexibility index (Phi) is 7.50. The minimum absolute atomic E-state index is 0.00306. The molecule has 2 aliphatic heterocycles. The lowest BCUT2D eigenvalue weighted by Gasteiger charge is -2.32. The molecule has 0 bridgehead atoms. The molecule has 34 heavy (non-hydrogen) atoms. The average molecular weight is 463 g/mol. The normalized spacial score (nSPS) is 19.7. The van der Waals surface area contributed by atoms with Gasteiger partial charge in [0.05, 0.1) is 5.92 Å². The number of benzene rings is 2. The average Bonchev–Trinajstić information content (AvgIpc) is 3.26. The van der Waals surface area contributed by atoms with Crippen LogP contribution in [0.2, 0.25) is 0 Å². The number of hydrogen-bond donors (Lipinski definition) is 2. The maximum Gasteiger partial charge on any atom is 0.321 e. The zero-order valence-corrected chi connectivity index (χ0v) is 20.0. The second-order valence-electron chi connectivity index (χ2n) is 9.34. The van der Waals surface area contributed by atoms with Gasteiger partial charge in [-0.25, -0.2) is 4.79 Å². The maximum atomic E-state index is 13.0. The molecule has 0 spiro atoms. The van der Waals surface area contributed by atoms with Gasteiger partial charge in [-0.3, -0.25) is 9.59 Å². The predicted octanol–water partition coefficient (Wildman–Crippen LogP) is 4.37. The molecule has 4 amide bonds. The second kappa shape index (κ2) is 10.7. The zero-order chi connectivity index (χ0) is 24.1. The first kappa shape index (κ1) is 23.8. The highest BCUT2D eigenvalue weighted by molar-refractivity contribution is 6.01. The van der Waals surface area contributed by atoms with E-state index in [0.29, 0.717) is 38.4 Å². The molecule has 2 N–H and O–H groups in total. The van der Waals surface area contributed by atoms with Gasteiger partial charge >= 0.3 is 6.03 Å². The number of nitrogens with one attached hydrogen (secondary N) is 2. The number of urea groups is 1. The van der Waals surface area contributed by atoms with Crippen molar-refractivity contribution in [2.24, 2.45) is 5.92 Å². The van der Waals surface area contributed by atoms with Crippen molar-refractivity contribution in [3.05, 3.63) is 60.2 Å². The first-order chi connectivity index (χ1) is 16.5. The van der Waals surface area contributed by atoms with Crippen LogP contribution in [0.4, 0.5) is 16.2 Å². The number of nitrogens with zero attached hydrogens (tertiary/aromatic N) is 2. The molecule has 180 valence electrons. The molecule has 0 aliphatic carbocycles. The molecule has 2 aromatic carbocycles. The summed E-state index contributed by atoms with van der Waals surface area (Å²) in [7, 11) is 0. The minimum atomic E-state index is -0.350. The van der Waals surface area contributed by atoms with Crippen molar-refractivity contribution in [3.8, 4) is 0 Å². The van der Waals surface area contributed by atoms with Crippen LogP contribution in [0.5, 0.6) is 0 Å². The van der Waals surface area contributed by atoms with E-state index in [9.17, 15) is 14.4 Å². The van der Waals surface area contributed by atoms with Crippen LogP contribution < -0.4 is 15.5 Å². The fraction of sp³-hybridized carbons (Fsp3) is 0.444. The maximum absolute atomic E-state index is 13.0. The van der Waals surface area contributed by atoms with Crippen molar-refractivity contribution >= 4 is 29.2 Å². The highest BCUT2D eigenvalue weighted by Gasteiger charge is 2.37. The number of likely N-dealkylation sites (tertiary alicyclic amines) is 1. The first-order valence-corrected chi connectivity index (χ1v) is 12.3. The lowest BCUT2D eigenvalue weighted by atomic mass is 9.96. The van der Waals surface area contributed by atoms with E-state index < -0.39 is 0 Å². The number of carbonyl (C=O) groups is 3. The molecule has 2 aliphatic rings. The van der Waals surface area contributed by atoms with E-state index in [1.54, 1.807) is 9.80 Å². The number of hydrogen-bond acceptors (Lipinski definition) is 3. The molecule has 2 atom stereocenters. The molecular formula is C27H34N4O3. The molecule has 0 radical (unpaired) electrons. The summed E-state index contributed by atoms with van der Waals surface area (Å²) in [5, 5.41) is 6.05. The summed E-state index contributed by atoms with van der Waals surface area (Å²) < 4.78 is 0. The lowest BCUT2D eigenvalue weighted by molar-refractivity contribution is -0.127. The Hall–Kier alpha value is -3.35. The van der Waals surface area contributed by atoms with Crippen LogP contribution in [-0.2, 0) is 9.59 Å². The van der Waals surface area contributed by atoms with Crippen LogP contribution in [0.25, 0.3) is 0 Å². The van der Waals surface area contributed by atoms with Gasteiger partial charge in [0.2, 0.25) is 11.8 Å². The van der Waals surface area contributed by atoms with E-state index in [1.165, 1.54) is 0 Å². The number of carbonyl (C=O) groups excluding carboxylic acids is 3. The fourth-order valence-electron chi connectivity index (χ4n) is 4.76. The third-order valence-electron chi connectivity index (χ3n) is 7.02. The van der Waals surface area contributed by atoms with Crippen LogP contribution >= 0.6 is 0 Å². The molecule has 0 aromatic heterocycles. The molecule has 2 unspecified atom stereocenters. The van der Waals surface area contributed by atoms with E-state index in [0.717, 1.165) is 23.4 Å². The predicted molar refractivity (Wildman–Crippen MR) is 134 cm³/mol. The van der Waals surface area contributed by atoms with E-state index in [2.05, 4.69) is 30.5 Å². The summed E-state index contributed by atoms with van der Waals surface area (Å²) in [6, 6.07) is 17.3. The van der Waals surface area contributed by atoms with Gasteiger partial charge in [0.25, 0.3) is 0 Å². The molecule has 4 rings (SSSR count). The third-order valence-corrected chi connectivity index (χ3v) is 7.02. The van der Waals surface area contributed by atoms with Crippen molar-refractivity contribution < 1.29 is 14.4 Å². The number of rotatable bonds is 6. The minimum Gasteiger partial charge on any atom is -0.353 e. The Bertz CT molecular complexity index is 1020. The van der Waals surface area contributed by atoms with Gasteiger partial charge in [-0.2, -0.15) is 0 Å². The summed E-state index contributed by atoms with van der Waals surface area (Å²) in [4.78, 5) is 41.8. The summed E-state index contributed by atoms with van der Waals surface area (Å²) in [5.41, 5.74) is 2.85. The molecule has 7 heteroatoms. The van der Waals surface area contributed by atoms with Crippen LogP contribution in [0.1, 0.15) is 51.0 Å². The lowest BCUT2D eigenvalue weighted by Crippen LogP contribution is -2.49. The number of piperidine rings is 1. The van der Waals surface area contributed by atoms with Crippen molar-refractivity contribution in [3.63, 3.8) is 0 Å². The fourth-order valence-corrected chi connectivity index (χ4v) is 4.76. The van der Waals surface area contributed by atoms with E-state index in [1.807, 2.05) is 48.5 Å². The van der Waals surface area contributed by atoms with E-state index >= 15 is 0 Å². The highest BCUT2D eigenvalue weighted by atomic mass is 16.2. The highest BCUT2D eigenvalue weighted by Crippen LogP contribution is 2.33. The SMILES string of the molecule is CCC(C)c1ccccc1N1CC(C(=O)NC2CCN(C(=O)Nc3ccccc3)CC2)CC1=O. The molecule has 2 aromatic rings. The molecule has 0 saturated carbocycles. The van der Waals surface area contributed by atoms with Crippen molar-refractivity contribution in [2.75, 3.05) is 29.9 Å².